The number of hydrogen-bond donors (Lipinski definition) is 0. The van der Waals surface area contributed by atoms with Crippen molar-refractivity contribution in [3.05, 3.63) is 42.0 Å². The third-order valence-corrected chi connectivity index (χ3v) is 5.73. The van der Waals surface area contributed by atoms with Crippen LogP contribution in [0.15, 0.2) is 40.8 Å². The van der Waals surface area contributed by atoms with E-state index in [9.17, 15) is 0 Å². The van der Waals surface area contributed by atoms with Crippen molar-refractivity contribution < 1.29 is 13.7 Å². The van der Waals surface area contributed by atoms with Gasteiger partial charge < -0.3 is 13.7 Å². The Morgan fingerprint density at radius 1 is 0.880 bits per heavy atom. The van der Waals surface area contributed by atoms with Crippen LogP contribution in [0.4, 0.5) is 0 Å². The van der Waals surface area contributed by atoms with E-state index in [1.54, 1.807) is 0 Å². The van der Waals surface area contributed by atoms with Crippen molar-refractivity contribution in [1.82, 2.24) is 0 Å². The van der Waals surface area contributed by atoms with Crippen LogP contribution in [0.1, 0.15) is 53.0 Å². The SMILES string of the molecule is CC(C)c1ccc2c(c1)oc1cccc(B3OC(C)(C)C(C)(C)O3)c12. The standard InChI is InChI=1S/C21H25BO3/c1-13(2)14-10-11-15-18(12-14)23-17-9-7-8-16(19(15)17)22-24-20(3,4)21(5,6)25-22/h7-13H,1-6H3. The average molecular weight is 336 g/mol. The zero-order valence-corrected chi connectivity index (χ0v) is 15.8. The van der Waals surface area contributed by atoms with Gasteiger partial charge in [-0.1, -0.05) is 38.1 Å². The molecular formula is C21H25BO3. The first kappa shape index (κ1) is 16.7. The van der Waals surface area contributed by atoms with Crippen molar-refractivity contribution >= 4 is 34.5 Å². The number of rotatable bonds is 2. The van der Waals surface area contributed by atoms with E-state index >= 15 is 0 Å². The maximum absolute atomic E-state index is 6.27. The molecule has 130 valence electrons. The van der Waals surface area contributed by atoms with Gasteiger partial charge >= 0.3 is 7.12 Å². The highest BCUT2D eigenvalue weighted by molar-refractivity contribution is 6.66. The molecule has 1 fully saturated rings. The first-order valence-corrected chi connectivity index (χ1v) is 9.00. The van der Waals surface area contributed by atoms with E-state index in [0.717, 1.165) is 27.4 Å². The van der Waals surface area contributed by atoms with Gasteiger partial charge in [-0.25, -0.2) is 0 Å². The fourth-order valence-corrected chi connectivity index (χ4v) is 3.40. The van der Waals surface area contributed by atoms with E-state index in [1.807, 2.05) is 12.1 Å². The lowest BCUT2D eigenvalue weighted by Crippen LogP contribution is -2.41. The van der Waals surface area contributed by atoms with Gasteiger partial charge in [-0.15, -0.1) is 0 Å². The maximum atomic E-state index is 6.27. The first-order valence-electron chi connectivity index (χ1n) is 9.00. The average Bonchev–Trinajstić information content (AvgIpc) is 3.00. The van der Waals surface area contributed by atoms with Crippen molar-refractivity contribution in [3.63, 3.8) is 0 Å². The highest BCUT2D eigenvalue weighted by Crippen LogP contribution is 2.38. The quantitative estimate of drug-likeness (QED) is 0.617. The fourth-order valence-electron chi connectivity index (χ4n) is 3.40. The zero-order valence-electron chi connectivity index (χ0n) is 15.8. The van der Waals surface area contributed by atoms with Gasteiger partial charge in [0.1, 0.15) is 11.2 Å². The summed E-state index contributed by atoms with van der Waals surface area (Å²) in [5, 5.41) is 2.20. The molecule has 0 aliphatic carbocycles. The van der Waals surface area contributed by atoms with Crippen LogP contribution in [0.2, 0.25) is 0 Å². The minimum atomic E-state index is -0.390. The van der Waals surface area contributed by atoms with E-state index in [4.69, 9.17) is 13.7 Å². The van der Waals surface area contributed by atoms with Gasteiger partial charge in [-0.3, -0.25) is 0 Å². The molecule has 0 spiro atoms. The molecular weight excluding hydrogens is 311 g/mol. The van der Waals surface area contributed by atoms with Crippen LogP contribution in [0.5, 0.6) is 0 Å². The Labute approximate surface area is 149 Å². The topological polar surface area (TPSA) is 31.6 Å². The summed E-state index contributed by atoms with van der Waals surface area (Å²) in [6.07, 6.45) is 0. The first-order chi connectivity index (χ1) is 11.7. The summed E-state index contributed by atoms with van der Waals surface area (Å²) in [7, 11) is -0.390. The second-order valence-electron chi connectivity index (χ2n) is 8.32. The summed E-state index contributed by atoms with van der Waals surface area (Å²) < 4.78 is 18.7. The van der Waals surface area contributed by atoms with Gasteiger partial charge in [0.15, 0.2) is 0 Å². The molecule has 0 saturated carbocycles. The second-order valence-corrected chi connectivity index (χ2v) is 8.32. The largest absolute Gasteiger partial charge is 0.495 e. The highest BCUT2D eigenvalue weighted by Gasteiger charge is 2.52. The van der Waals surface area contributed by atoms with Crippen LogP contribution in [0, 0.1) is 0 Å². The van der Waals surface area contributed by atoms with Gasteiger partial charge in [0, 0.05) is 10.8 Å². The molecule has 2 aromatic carbocycles. The lowest BCUT2D eigenvalue weighted by molar-refractivity contribution is 0.00578. The third-order valence-electron chi connectivity index (χ3n) is 5.73. The zero-order chi connectivity index (χ0) is 18.0. The van der Waals surface area contributed by atoms with E-state index < -0.39 is 0 Å². The molecule has 1 saturated heterocycles. The molecule has 2 heterocycles. The third kappa shape index (κ3) is 2.51. The molecule has 4 heteroatoms. The molecule has 1 aromatic heterocycles. The lowest BCUT2D eigenvalue weighted by atomic mass is 9.76. The Bertz CT molecular complexity index is 936. The van der Waals surface area contributed by atoms with Crippen LogP contribution in [0.3, 0.4) is 0 Å². The molecule has 0 atom stereocenters. The summed E-state index contributed by atoms with van der Waals surface area (Å²) in [6, 6.07) is 12.6. The van der Waals surface area contributed by atoms with E-state index in [0.29, 0.717) is 5.92 Å². The fraction of sp³-hybridized carbons (Fsp3) is 0.429. The molecule has 3 aromatic rings. The molecule has 3 nitrogen and oxygen atoms in total. The van der Waals surface area contributed by atoms with E-state index in [1.165, 1.54) is 5.56 Å². The summed E-state index contributed by atoms with van der Waals surface area (Å²) in [5.74, 6) is 0.472. The maximum Gasteiger partial charge on any atom is 0.495 e. The van der Waals surface area contributed by atoms with Crippen molar-refractivity contribution in [2.24, 2.45) is 0 Å². The molecule has 1 aliphatic rings. The number of furan rings is 1. The summed E-state index contributed by atoms with van der Waals surface area (Å²) >= 11 is 0. The lowest BCUT2D eigenvalue weighted by Gasteiger charge is -2.32. The number of fused-ring (bicyclic) bond motifs is 3. The van der Waals surface area contributed by atoms with Gasteiger partial charge in [0.2, 0.25) is 0 Å². The predicted molar refractivity (Wildman–Crippen MR) is 104 cm³/mol. The molecule has 4 rings (SSSR count). The number of hydrogen-bond acceptors (Lipinski definition) is 3. The van der Waals surface area contributed by atoms with Gasteiger partial charge in [-0.05, 0) is 56.8 Å². The van der Waals surface area contributed by atoms with Crippen LogP contribution in [0.25, 0.3) is 21.9 Å². The van der Waals surface area contributed by atoms with Crippen LogP contribution < -0.4 is 5.46 Å². The Hall–Kier alpha value is -1.78. The van der Waals surface area contributed by atoms with Gasteiger partial charge in [0.25, 0.3) is 0 Å². The highest BCUT2D eigenvalue weighted by atomic mass is 16.7. The normalized spacial score (nSPS) is 19.4. The van der Waals surface area contributed by atoms with Crippen molar-refractivity contribution in [2.45, 2.75) is 58.7 Å². The molecule has 0 bridgehead atoms. The van der Waals surface area contributed by atoms with Crippen LogP contribution >= 0.6 is 0 Å². The monoisotopic (exact) mass is 336 g/mol. The van der Waals surface area contributed by atoms with Crippen LogP contribution in [-0.4, -0.2) is 18.3 Å². The number of benzene rings is 2. The van der Waals surface area contributed by atoms with Gasteiger partial charge in [0.05, 0.1) is 11.2 Å². The summed E-state index contributed by atoms with van der Waals surface area (Å²) in [6.45, 7) is 12.7. The van der Waals surface area contributed by atoms with E-state index in [-0.39, 0.29) is 18.3 Å². The second kappa shape index (κ2) is 5.36. The minimum Gasteiger partial charge on any atom is -0.456 e. The Morgan fingerprint density at radius 2 is 1.56 bits per heavy atom. The van der Waals surface area contributed by atoms with Crippen molar-refractivity contribution in [3.8, 4) is 0 Å². The Kier molecular flexibility index (Phi) is 3.58. The summed E-state index contributed by atoms with van der Waals surface area (Å²) in [4.78, 5) is 0. The Balaban J connectivity index is 1.90. The predicted octanol–water partition coefficient (Wildman–Crippen LogP) is 5.01. The van der Waals surface area contributed by atoms with Crippen molar-refractivity contribution in [1.29, 1.82) is 0 Å². The minimum absolute atomic E-state index is 0.357. The molecule has 0 amide bonds. The molecule has 0 unspecified atom stereocenters. The van der Waals surface area contributed by atoms with Gasteiger partial charge in [-0.2, -0.15) is 0 Å². The summed E-state index contributed by atoms with van der Waals surface area (Å²) in [5.41, 5.74) is 3.40. The smallest absolute Gasteiger partial charge is 0.456 e. The molecule has 25 heavy (non-hydrogen) atoms. The molecule has 0 N–H and O–H groups in total. The molecule has 1 aliphatic heterocycles. The van der Waals surface area contributed by atoms with Crippen LogP contribution in [-0.2, 0) is 9.31 Å². The van der Waals surface area contributed by atoms with E-state index in [2.05, 4.69) is 65.8 Å². The molecule has 0 radical (unpaired) electrons. The van der Waals surface area contributed by atoms with Crippen molar-refractivity contribution in [2.75, 3.05) is 0 Å². The Morgan fingerprint density at radius 3 is 2.20 bits per heavy atom.